The SMILES string of the molecule is C=Cc1ccc(C2(c3ccc(F)c(C)c3)c3ccccc3-c3ccc(N(c4ccc5c(c4)C(c4ccc(C=C)cc4)(c4ccc(F)c(C)c4)c4ccccc4-5)c4cccc5c4oc4ccccc45)cc32)cc1. The molecular formula is C68H47F2NO. The summed E-state index contributed by atoms with van der Waals surface area (Å²) in [6.45, 7) is 11.8. The molecule has 0 radical (unpaired) electrons. The largest absolute Gasteiger partial charge is 0.454 e. The second kappa shape index (κ2) is 16.4. The molecule has 344 valence electrons. The van der Waals surface area contributed by atoms with Crippen LogP contribution in [0, 0.1) is 25.5 Å². The second-order valence-corrected chi connectivity index (χ2v) is 19.2. The highest BCUT2D eigenvalue weighted by Crippen LogP contribution is 2.60. The van der Waals surface area contributed by atoms with Gasteiger partial charge >= 0.3 is 0 Å². The van der Waals surface area contributed by atoms with Crippen LogP contribution in [0.2, 0.25) is 0 Å². The summed E-state index contributed by atoms with van der Waals surface area (Å²) < 4.78 is 37.8. The molecule has 13 rings (SSSR count). The molecule has 1 heterocycles. The van der Waals surface area contributed by atoms with Crippen molar-refractivity contribution >= 4 is 51.2 Å². The van der Waals surface area contributed by atoms with Crippen LogP contribution in [0.1, 0.15) is 66.8 Å². The highest BCUT2D eigenvalue weighted by atomic mass is 19.1. The highest BCUT2D eigenvalue weighted by Gasteiger charge is 2.48. The van der Waals surface area contributed by atoms with E-state index in [4.69, 9.17) is 4.42 Å². The highest BCUT2D eigenvalue weighted by molar-refractivity contribution is 6.10. The Kier molecular flexibility index (Phi) is 9.81. The summed E-state index contributed by atoms with van der Waals surface area (Å²) in [4.78, 5) is 2.33. The van der Waals surface area contributed by atoms with Crippen LogP contribution in [-0.2, 0) is 10.8 Å². The lowest BCUT2D eigenvalue weighted by Crippen LogP contribution is -2.29. The van der Waals surface area contributed by atoms with E-state index in [1.54, 1.807) is 12.1 Å². The fourth-order valence-corrected chi connectivity index (χ4v) is 12.2. The molecule has 2 aliphatic carbocycles. The molecule has 10 aromatic carbocycles. The van der Waals surface area contributed by atoms with E-state index in [-0.39, 0.29) is 11.6 Å². The van der Waals surface area contributed by atoms with Gasteiger partial charge in [0.2, 0.25) is 0 Å². The molecular weight excluding hydrogens is 885 g/mol. The number of fused-ring (bicyclic) bond motifs is 9. The Morgan fingerprint density at radius 1 is 0.417 bits per heavy atom. The van der Waals surface area contributed by atoms with Gasteiger partial charge in [0.1, 0.15) is 17.2 Å². The maximum Gasteiger partial charge on any atom is 0.159 e. The molecule has 2 nitrogen and oxygen atoms in total. The third-order valence-corrected chi connectivity index (χ3v) is 15.5. The first-order valence-corrected chi connectivity index (χ1v) is 24.4. The van der Waals surface area contributed by atoms with Crippen molar-refractivity contribution in [2.45, 2.75) is 24.7 Å². The molecule has 2 unspecified atom stereocenters. The summed E-state index contributed by atoms with van der Waals surface area (Å²) >= 11 is 0. The Labute approximate surface area is 418 Å². The van der Waals surface area contributed by atoms with Crippen molar-refractivity contribution in [3.05, 3.63) is 304 Å². The van der Waals surface area contributed by atoms with Crippen LogP contribution in [-0.4, -0.2) is 0 Å². The van der Waals surface area contributed by atoms with Crippen molar-refractivity contribution < 1.29 is 13.2 Å². The van der Waals surface area contributed by atoms with Crippen molar-refractivity contribution in [3.8, 4) is 22.3 Å². The van der Waals surface area contributed by atoms with E-state index in [1.165, 1.54) is 0 Å². The molecule has 0 N–H and O–H groups in total. The average molecular weight is 932 g/mol. The predicted octanol–water partition coefficient (Wildman–Crippen LogP) is 18.0. The van der Waals surface area contributed by atoms with Gasteiger partial charge in [-0.25, -0.2) is 8.78 Å². The molecule has 0 fully saturated rings. The number of nitrogens with zero attached hydrogens (tertiary/aromatic N) is 1. The van der Waals surface area contributed by atoms with Crippen molar-refractivity contribution in [1.82, 2.24) is 0 Å². The Morgan fingerprint density at radius 2 is 0.861 bits per heavy atom. The molecule has 0 saturated heterocycles. The van der Waals surface area contributed by atoms with Crippen LogP contribution >= 0.6 is 0 Å². The molecule has 11 aromatic rings. The van der Waals surface area contributed by atoms with E-state index < -0.39 is 10.8 Å². The van der Waals surface area contributed by atoms with Crippen LogP contribution in [0.3, 0.4) is 0 Å². The summed E-state index contributed by atoms with van der Waals surface area (Å²) in [6, 6.07) is 73.8. The molecule has 0 spiro atoms. The number of anilines is 3. The Hall–Kier alpha value is -8.86. The Morgan fingerprint density at radius 3 is 1.36 bits per heavy atom. The van der Waals surface area contributed by atoms with Gasteiger partial charge in [-0.2, -0.15) is 0 Å². The van der Waals surface area contributed by atoms with Gasteiger partial charge in [-0.15, -0.1) is 0 Å². The van der Waals surface area contributed by atoms with Crippen LogP contribution in [0.5, 0.6) is 0 Å². The zero-order chi connectivity index (χ0) is 48.9. The number of halogens is 2. The zero-order valence-electron chi connectivity index (χ0n) is 39.9. The number of hydrogen-bond donors (Lipinski definition) is 0. The lowest BCUT2D eigenvalue weighted by atomic mass is 9.67. The number of para-hydroxylation sites is 2. The first-order valence-electron chi connectivity index (χ1n) is 24.4. The van der Waals surface area contributed by atoms with Gasteiger partial charge in [-0.3, -0.25) is 0 Å². The topological polar surface area (TPSA) is 16.4 Å². The fourth-order valence-electron chi connectivity index (χ4n) is 12.2. The quantitative estimate of drug-likeness (QED) is 0.143. The average Bonchev–Trinajstić information content (AvgIpc) is 4.06. The van der Waals surface area contributed by atoms with Crippen LogP contribution in [0.4, 0.5) is 25.8 Å². The van der Waals surface area contributed by atoms with Crippen LogP contribution in [0.15, 0.2) is 230 Å². The summed E-state index contributed by atoms with van der Waals surface area (Å²) in [5.74, 6) is -0.493. The van der Waals surface area contributed by atoms with Gasteiger partial charge in [-0.05, 0) is 151 Å². The number of hydrogen-bond acceptors (Lipinski definition) is 2. The third-order valence-electron chi connectivity index (χ3n) is 15.5. The first kappa shape index (κ1) is 43.2. The fraction of sp³-hybridized carbons (Fsp3) is 0.0588. The third kappa shape index (κ3) is 6.12. The first-order chi connectivity index (χ1) is 35.2. The van der Waals surface area contributed by atoms with Crippen molar-refractivity contribution in [1.29, 1.82) is 0 Å². The predicted molar refractivity (Wildman–Crippen MR) is 293 cm³/mol. The maximum atomic E-state index is 15.4. The molecule has 2 aliphatic rings. The Bertz CT molecular complexity index is 3820. The monoisotopic (exact) mass is 931 g/mol. The molecule has 4 heteroatoms. The van der Waals surface area contributed by atoms with Crippen molar-refractivity contribution in [2.24, 2.45) is 0 Å². The number of benzene rings is 10. The van der Waals surface area contributed by atoms with E-state index in [0.29, 0.717) is 11.1 Å². The van der Waals surface area contributed by atoms with Gasteiger partial charge < -0.3 is 9.32 Å². The molecule has 0 bridgehead atoms. The minimum atomic E-state index is -0.829. The molecule has 0 saturated carbocycles. The zero-order valence-corrected chi connectivity index (χ0v) is 39.9. The van der Waals surface area contributed by atoms with E-state index >= 15 is 8.78 Å². The summed E-state index contributed by atoms with van der Waals surface area (Å²) in [5, 5.41) is 2.04. The number of aryl methyl sites for hydroxylation is 2. The molecule has 72 heavy (non-hydrogen) atoms. The molecule has 2 atom stereocenters. The van der Waals surface area contributed by atoms with Gasteiger partial charge in [0, 0.05) is 22.1 Å². The van der Waals surface area contributed by atoms with E-state index in [0.717, 1.165) is 117 Å². The minimum absolute atomic E-state index is 0.247. The number of furan rings is 1. The maximum absolute atomic E-state index is 15.4. The van der Waals surface area contributed by atoms with E-state index in [2.05, 4.69) is 182 Å². The van der Waals surface area contributed by atoms with Crippen molar-refractivity contribution in [2.75, 3.05) is 4.90 Å². The minimum Gasteiger partial charge on any atom is -0.454 e. The number of rotatable bonds is 9. The van der Waals surface area contributed by atoms with E-state index in [1.807, 2.05) is 62.4 Å². The van der Waals surface area contributed by atoms with Crippen LogP contribution in [0.25, 0.3) is 56.3 Å². The molecule has 0 aliphatic heterocycles. The van der Waals surface area contributed by atoms with Gasteiger partial charge in [0.05, 0.1) is 16.5 Å². The summed E-state index contributed by atoms with van der Waals surface area (Å²) in [6.07, 6.45) is 3.72. The van der Waals surface area contributed by atoms with Crippen molar-refractivity contribution in [3.63, 3.8) is 0 Å². The van der Waals surface area contributed by atoms with Gasteiger partial charge in [-0.1, -0.05) is 189 Å². The van der Waals surface area contributed by atoms with Gasteiger partial charge in [0.25, 0.3) is 0 Å². The smallest absolute Gasteiger partial charge is 0.159 e. The summed E-state index contributed by atoms with van der Waals surface area (Å²) in [7, 11) is 0. The molecule has 1 aromatic heterocycles. The second-order valence-electron chi connectivity index (χ2n) is 19.2. The summed E-state index contributed by atoms with van der Waals surface area (Å²) in [5.41, 5.74) is 18.7. The lowest BCUT2D eigenvalue weighted by Gasteiger charge is -2.36. The lowest BCUT2D eigenvalue weighted by molar-refractivity contribution is 0.615. The Balaban J connectivity index is 1.13. The normalized spacial score (nSPS) is 16.3. The van der Waals surface area contributed by atoms with Crippen LogP contribution < -0.4 is 4.90 Å². The van der Waals surface area contributed by atoms with E-state index in [9.17, 15) is 0 Å². The molecule has 0 amide bonds. The van der Waals surface area contributed by atoms with Gasteiger partial charge in [0.15, 0.2) is 5.58 Å². The standard InChI is InChI=1S/C68H47F2NO/c1-5-44-22-26-46(27-23-44)67(48-30-36-62(69)42(3)38-48)58-18-10-7-14-52(58)54-34-32-50(40-60(54)67)71(64-20-13-17-57-56-16-9-12-21-65(56)72-66(57)64)51-33-35-55-53-15-8-11-19-59(53)68(61(55)41-51,47-28-24-45(6-2)25-29-47)49-31-37-63(70)43(4)39-49/h5-41H,1-2H2,3-4H3.